The monoisotopic (exact) mass is 168 g/mol. The van der Waals surface area contributed by atoms with Gasteiger partial charge in [0, 0.05) is 12.4 Å². The third-order valence-electron chi connectivity index (χ3n) is 1.90. The predicted octanol–water partition coefficient (Wildman–Crippen LogP) is 1.46. The smallest absolute Gasteiger partial charge is 0.0949 e. The molecule has 68 valence electrons. The minimum absolute atomic E-state index is 0.187. The molecule has 1 aromatic rings. The number of nitrogens with zero attached hydrogens (tertiary/aromatic N) is 2. The van der Waals surface area contributed by atoms with E-state index in [4.69, 9.17) is 5.11 Å². The molecule has 0 saturated heterocycles. The number of hydrogen-bond acceptors (Lipinski definition) is 2. The molecular weight excluding hydrogens is 152 g/mol. The van der Waals surface area contributed by atoms with Crippen molar-refractivity contribution in [3.8, 4) is 0 Å². The minimum atomic E-state index is 0.187. The van der Waals surface area contributed by atoms with Gasteiger partial charge in [-0.25, -0.2) is 4.98 Å². The Morgan fingerprint density at radius 2 is 2.25 bits per heavy atom. The second-order valence-corrected chi connectivity index (χ2v) is 3.48. The van der Waals surface area contributed by atoms with E-state index < -0.39 is 0 Å². The van der Waals surface area contributed by atoms with Crippen molar-refractivity contribution in [1.82, 2.24) is 9.55 Å². The lowest BCUT2D eigenvalue weighted by atomic mass is 10.0. The number of imidazole rings is 1. The summed E-state index contributed by atoms with van der Waals surface area (Å²) in [6.07, 6.45) is 6.38. The second kappa shape index (κ2) is 4.26. The zero-order valence-electron chi connectivity index (χ0n) is 7.64. The van der Waals surface area contributed by atoms with Crippen LogP contribution in [-0.2, 0) is 0 Å². The van der Waals surface area contributed by atoms with Crippen molar-refractivity contribution < 1.29 is 5.11 Å². The van der Waals surface area contributed by atoms with Crippen LogP contribution in [0.15, 0.2) is 18.7 Å². The summed E-state index contributed by atoms with van der Waals surface area (Å²) in [6.45, 7) is 4.49. The molecule has 1 N–H and O–H groups in total. The predicted molar refractivity (Wildman–Crippen MR) is 47.8 cm³/mol. The van der Waals surface area contributed by atoms with Crippen LogP contribution in [0.3, 0.4) is 0 Å². The maximum atomic E-state index is 9.10. The molecule has 0 spiro atoms. The first-order valence-corrected chi connectivity index (χ1v) is 4.32. The van der Waals surface area contributed by atoms with Crippen molar-refractivity contribution in [2.24, 2.45) is 5.92 Å². The maximum Gasteiger partial charge on any atom is 0.0949 e. The first kappa shape index (κ1) is 9.26. The summed E-state index contributed by atoms with van der Waals surface area (Å²) in [5, 5.41) is 9.10. The number of rotatable bonds is 4. The van der Waals surface area contributed by atoms with Gasteiger partial charge in [-0.1, -0.05) is 13.8 Å². The molecule has 0 aliphatic heterocycles. The molecular formula is C9H16N2O. The first-order chi connectivity index (χ1) is 5.74. The molecule has 0 aliphatic rings. The lowest BCUT2D eigenvalue weighted by molar-refractivity contribution is 0.208. The van der Waals surface area contributed by atoms with Crippen LogP contribution in [-0.4, -0.2) is 21.3 Å². The Kier molecular flexibility index (Phi) is 3.29. The van der Waals surface area contributed by atoms with E-state index in [9.17, 15) is 0 Å². The van der Waals surface area contributed by atoms with Crippen LogP contribution < -0.4 is 0 Å². The molecule has 1 atom stereocenters. The van der Waals surface area contributed by atoms with Crippen LogP contribution in [0.25, 0.3) is 0 Å². The summed E-state index contributed by atoms with van der Waals surface area (Å²) in [7, 11) is 0. The molecule has 0 bridgehead atoms. The highest BCUT2D eigenvalue weighted by Gasteiger charge is 2.10. The average Bonchev–Trinajstić information content (AvgIpc) is 2.51. The van der Waals surface area contributed by atoms with Crippen LogP contribution in [0, 0.1) is 5.92 Å². The Hall–Kier alpha value is -0.830. The third-order valence-corrected chi connectivity index (χ3v) is 1.90. The summed E-state index contributed by atoms with van der Waals surface area (Å²) >= 11 is 0. The van der Waals surface area contributed by atoms with Gasteiger partial charge in [0.2, 0.25) is 0 Å². The molecule has 3 heteroatoms. The Bertz CT molecular complexity index is 206. The molecule has 0 amide bonds. The van der Waals surface area contributed by atoms with Gasteiger partial charge >= 0.3 is 0 Å². The maximum absolute atomic E-state index is 9.10. The largest absolute Gasteiger partial charge is 0.394 e. The topological polar surface area (TPSA) is 38.0 Å². The molecule has 3 nitrogen and oxygen atoms in total. The highest BCUT2D eigenvalue weighted by Crippen LogP contribution is 2.15. The SMILES string of the molecule is CC(C)C[C@@H](CO)n1ccnc1. The van der Waals surface area contributed by atoms with E-state index in [0.717, 1.165) is 6.42 Å². The normalized spacial score (nSPS) is 13.7. The van der Waals surface area contributed by atoms with Gasteiger partial charge in [-0.15, -0.1) is 0 Å². The Morgan fingerprint density at radius 1 is 1.50 bits per heavy atom. The molecule has 12 heavy (non-hydrogen) atoms. The third kappa shape index (κ3) is 2.34. The van der Waals surface area contributed by atoms with Crippen molar-refractivity contribution in [1.29, 1.82) is 0 Å². The van der Waals surface area contributed by atoms with Crippen molar-refractivity contribution in [3.05, 3.63) is 18.7 Å². The van der Waals surface area contributed by atoms with Crippen molar-refractivity contribution in [2.75, 3.05) is 6.61 Å². The summed E-state index contributed by atoms with van der Waals surface area (Å²) in [5.41, 5.74) is 0. The number of aromatic nitrogens is 2. The summed E-state index contributed by atoms with van der Waals surface area (Å²) in [6, 6.07) is 0.187. The van der Waals surface area contributed by atoms with Gasteiger partial charge in [0.1, 0.15) is 0 Å². The fourth-order valence-corrected chi connectivity index (χ4v) is 1.32. The molecule has 1 rings (SSSR count). The molecule has 0 aromatic carbocycles. The number of aliphatic hydroxyl groups is 1. The summed E-state index contributed by atoms with van der Waals surface area (Å²) in [4.78, 5) is 3.95. The highest BCUT2D eigenvalue weighted by atomic mass is 16.3. The van der Waals surface area contributed by atoms with Crippen LogP contribution in [0.5, 0.6) is 0 Å². The second-order valence-electron chi connectivity index (χ2n) is 3.48. The van der Waals surface area contributed by atoms with Gasteiger partial charge in [-0.2, -0.15) is 0 Å². The lowest BCUT2D eigenvalue weighted by Crippen LogP contribution is -2.13. The standard InChI is InChI=1S/C9H16N2O/c1-8(2)5-9(6-12)11-4-3-10-7-11/h3-4,7-9,12H,5-6H2,1-2H3/t9-/m0/s1. The van der Waals surface area contributed by atoms with Gasteiger partial charge in [0.15, 0.2) is 0 Å². The van der Waals surface area contributed by atoms with Crippen molar-refractivity contribution in [2.45, 2.75) is 26.3 Å². The van der Waals surface area contributed by atoms with E-state index in [0.29, 0.717) is 5.92 Å². The van der Waals surface area contributed by atoms with E-state index >= 15 is 0 Å². The summed E-state index contributed by atoms with van der Waals surface area (Å²) < 4.78 is 1.96. The quantitative estimate of drug-likeness (QED) is 0.739. The van der Waals surface area contributed by atoms with Crippen LogP contribution >= 0.6 is 0 Å². The highest BCUT2D eigenvalue weighted by molar-refractivity contribution is 4.80. The van der Waals surface area contributed by atoms with Gasteiger partial charge in [0.25, 0.3) is 0 Å². The zero-order valence-corrected chi connectivity index (χ0v) is 7.64. The molecule has 0 radical (unpaired) electrons. The van der Waals surface area contributed by atoms with Gasteiger partial charge in [-0.05, 0) is 12.3 Å². The molecule has 1 heterocycles. The van der Waals surface area contributed by atoms with Gasteiger partial charge < -0.3 is 9.67 Å². The molecule has 0 unspecified atom stereocenters. The molecule has 0 fully saturated rings. The Morgan fingerprint density at radius 3 is 2.67 bits per heavy atom. The van der Waals surface area contributed by atoms with Crippen LogP contribution in [0.2, 0.25) is 0 Å². The van der Waals surface area contributed by atoms with Gasteiger partial charge in [-0.3, -0.25) is 0 Å². The Labute approximate surface area is 73.1 Å². The molecule has 1 aromatic heterocycles. The zero-order chi connectivity index (χ0) is 8.97. The summed E-state index contributed by atoms with van der Waals surface area (Å²) in [5.74, 6) is 0.601. The lowest BCUT2D eigenvalue weighted by Gasteiger charge is -2.17. The molecule has 0 saturated carbocycles. The first-order valence-electron chi connectivity index (χ1n) is 4.32. The van der Waals surface area contributed by atoms with E-state index in [1.807, 2.05) is 10.8 Å². The Balaban J connectivity index is 2.57. The van der Waals surface area contributed by atoms with E-state index in [-0.39, 0.29) is 12.6 Å². The van der Waals surface area contributed by atoms with Crippen LogP contribution in [0.4, 0.5) is 0 Å². The molecule has 0 aliphatic carbocycles. The minimum Gasteiger partial charge on any atom is -0.394 e. The van der Waals surface area contributed by atoms with E-state index in [1.165, 1.54) is 0 Å². The number of hydrogen-bond donors (Lipinski definition) is 1. The van der Waals surface area contributed by atoms with Gasteiger partial charge in [0.05, 0.1) is 19.0 Å². The van der Waals surface area contributed by atoms with Crippen molar-refractivity contribution >= 4 is 0 Å². The van der Waals surface area contributed by atoms with E-state index in [2.05, 4.69) is 18.8 Å². The fourth-order valence-electron chi connectivity index (χ4n) is 1.32. The average molecular weight is 168 g/mol. The fraction of sp³-hybridized carbons (Fsp3) is 0.667. The van der Waals surface area contributed by atoms with Crippen LogP contribution in [0.1, 0.15) is 26.3 Å². The number of aliphatic hydroxyl groups excluding tert-OH is 1. The van der Waals surface area contributed by atoms with Crippen molar-refractivity contribution in [3.63, 3.8) is 0 Å². The van der Waals surface area contributed by atoms with E-state index in [1.54, 1.807) is 12.5 Å².